The molecule has 0 heterocycles. The molecule has 1 amide bonds. The van der Waals surface area contributed by atoms with Gasteiger partial charge in [0.05, 0.1) is 20.6 Å². The average molecular weight is 377 g/mol. The van der Waals surface area contributed by atoms with Crippen molar-refractivity contribution in [3.63, 3.8) is 0 Å². The van der Waals surface area contributed by atoms with Gasteiger partial charge < -0.3 is 10.1 Å². The first-order valence-electron chi connectivity index (χ1n) is 6.24. The van der Waals surface area contributed by atoms with E-state index in [1.165, 1.54) is 30.3 Å². The lowest BCUT2D eigenvalue weighted by Gasteiger charge is -2.07. The van der Waals surface area contributed by atoms with Crippen LogP contribution in [-0.2, 0) is 9.53 Å². The maximum Gasteiger partial charge on any atom is 0.338 e. The monoisotopic (exact) mass is 375 g/mol. The highest BCUT2D eigenvalue weighted by Crippen LogP contribution is 2.23. The summed E-state index contributed by atoms with van der Waals surface area (Å²) >= 11 is 17.1. The van der Waals surface area contributed by atoms with E-state index in [1.54, 1.807) is 0 Å². The van der Waals surface area contributed by atoms with Gasteiger partial charge in [0.25, 0.3) is 5.91 Å². The number of carbonyl (C=O) groups excluding carboxylic acids is 2. The number of anilines is 1. The van der Waals surface area contributed by atoms with E-state index < -0.39 is 24.3 Å². The highest BCUT2D eigenvalue weighted by molar-refractivity contribution is 6.42. The summed E-state index contributed by atoms with van der Waals surface area (Å²) in [5.74, 6) is -1.92. The lowest BCUT2D eigenvalue weighted by molar-refractivity contribution is -0.119. The number of esters is 1. The van der Waals surface area contributed by atoms with Gasteiger partial charge in [-0.25, -0.2) is 9.18 Å². The van der Waals surface area contributed by atoms with E-state index in [1.807, 2.05) is 0 Å². The molecule has 2 rings (SSSR count). The van der Waals surface area contributed by atoms with Crippen molar-refractivity contribution in [2.24, 2.45) is 0 Å². The van der Waals surface area contributed by atoms with Gasteiger partial charge in [-0.1, -0.05) is 34.8 Å². The molecule has 23 heavy (non-hydrogen) atoms. The molecular weight excluding hydrogens is 368 g/mol. The van der Waals surface area contributed by atoms with Crippen molar-refractivity contribution in [2.75, 3.05) is 11.9 Å². The maximum atomic E-state index is 13.0. The first kappa shape index (κ1) is 17.5. The summed E-state index contributed by atoms with van der Waals surface area (Å²) in [5.41, 5.74) is 0.448. The van der Waals surface area contributed by atoms with Gasteiger partial charge >= 0.3 is 5.97 Å². The molecule has 0 atom stereocenters. The fourth-order valence-electron chi connectivity index (χ4n) is 1.61. The molecule has 120 valence electrons. The van der Waals surface area contributed by atoms with Crippen LogP contribution >= 0.6 is 34.8 Å². The van der Waals surface area contributed by atoms with Gasteiger partial charge in [-0.2, -0.15) is 0 Å². The fourth-order valence-corrected chi connectivity index (χ4v) is 2.09. The Morgan fingerprint density at radius 2 is 1.74 bits per heavy atom. The number of halogens is 4. The zero-order valence-corrected chi connectivity index (χ0v) is 13.7. The molecule has 1 N–H and O–H groups in total. The SMILES string of the molecule is O=C(COC(=O)c1ccc(Cl)c(Cl)c1)Nc1ccc(F)c(Cl)c1. The molecule has 0 aliphatic carbocycles. The second kappa shape index (κ2) is 7.64. The van der Waals surface area contributed by atoms with E-state index >= 15 is 0 Å². The minimum absolute atomic E-state index is 0.129. The number of amides is 1. The van der Waals surface area contributed by atoms with Gasteiger partial charge in [0.1, 0.15) is 5.82 Å². The molecular formula is C15H9Cl3FNO3. The largest absolute Gasteiger partial charge is 0.452 e. The third-order valence-corrected chi connectivity index (χ3v) is 3.72. The number of ether oxygens (including phenoxy) is 1. The van der Waals surface area contributed by atoms with Crippen LogP contribution in [0.3, 0.4) is 0 Å². The molecule has 2 aromatic rings. The Bertz CT molecular complexity index is 768. The quantitative estimate of drug-likeness (QED) is 0.795. The van der Waals surface area contributed by atoms with Crippen LogP contribution in [-0.4, -0.2) is 18.5 Å². The van der Waals surface area contributed by atoms with Crippen molar-refractivity contribution in [1.29, 1.82) is 0 Å². The zero-order valence-electron chi connectivity index (χ0n) is 11.4. The van der Waals surface area contributed by atoms with Crippen molar-refractivity contribution >= 4 is 52.4 Å². The molecule has 0 spiro atoms. The van der Waals surface area contributed by atoms with E-state index in [9.17, 15) is 14.0 Å². The lowest BCUT2D eigenvalue weighted by atomic mass is 10.2. The van der Waals surface area contributed by atoms with E-state index in [0.29, 0.717) is 5.02 Å². The molecule has 4 nitrogen and oxygen atoms in total. The summed E-state index contributed by atoms with van der Waals surface area (Å²) in [6.45, 7) is -0.520. The van der Waals surface area contributed by atoms with Crippen LogP contribution in [0.25, 0.3) is 0 Å². The minimum Gasteiger partial charge on any atom is -0.452 e. The van der Waals surface area contributed by atoms with Gasteiger partial charge in [0, 0.05) is 5.69 Å². The molecule has 0 aromatic heterocycles. The third-order valence-electron chi connectivity index (χ3n) is 2.69. The van der Waals surface area contributed by atoms with Crippen molar-refractivity contribution in [2.45, 2.75) is 0 Å². The van der Waals surface area contributed by atoms with Crippen molar-refractivity contribution in [3.8, 4) is 0 Å². The average Bonchev–Trinajstić information content (AvgIpc) is 2.51. The topological polar surface area (TPSA) is 55.4 Å². The van der Waals surface area contributed by atoms with Crippen LogP contribution in [0.5, 0.6) is 0 Å². The molecule has 0 bridgehead atoms. The van der Waals surface area contributed by atoms with E-state index in [4.69, 9.17) is 39.5 Å². The summed E-state index contributed by atoms with van der Waals surface area (Å²) in [7, 11) is 0. The van der Waals surface area contributed by atoms with Crippen LogP contribution in [0.2, 0.25) is 15.1 Å². The summed E-state index contributed by atoms with van der Waals surface area (Å²) < 4.78 is 17.9. The fraction of sp³-hybridized carbons (Fsp3) is 0.0667. The molecule has 0 saturated carbocycles. The number of nitrogens with one attached hydrogen (secondary N) is 1. The first-order valence-corrected chi connectivity index (χ1v) is 7.37. The smallest absolute Gasteiger partial charge is 0.338 e. The van der Waals surface area contributed by atoms with E-state index in [2.05, 4.69) is 5.32 Å². The number of rotatable bonds is 4. The van der Waals surface area contributed by atoms with E-state index in [0.717, 1.165) is 6.07 Å². The third kappa shape index (κ3) is 4.82. The normalized spacial score (nSPS) is 10.3. The molecule has 0 fully saturated rings. The van der Waals surface area contributed by atoms with Crippen molar-refractivity contribution < 1.29 is 18.7 Å². The van der Waals surface area contributed by atoms with Crippen LogP contribution in [0.4, 0.5) is 10.1 Å². The van der Waals surface area contributed by atoms with Crippen LogP contribution < -0.4 is 5.32 Å². The number of benzene rings is 2. The number of carbonyl (C=O) groups is 2. The lowest BCUT2D eigenvalue weighted by Crippen LogP contribution is -2.21. The summed E-state index contributed by atoms with van der Waals surface area (Å²) in [6, 6.07) is 7.90. The highest BCUT2D eigenvalue weighted by atomic mass is 35.5. The number of hydrogen-bond donors (Lipinski definition) is 1. The molecule has 0 unspecified atom stereocenters. The van der Waals surface area contributed by atoms with Gasteiger partial charge in [-0.05, 0) is 36.4 Å². The summed E-state index contributed by atoms with van der Waals surface area (Å²) in [5, 5.41) is 2.79. The molecule has 0 aliphatic rings. The van der Waals surface area contributed by atoms with Gasteiger partial charge in [0.15, 0.2) is 6.61 Å². The standard InChI is InChI=1S/C15H9Cl3FNO3/c16-10-3-1-8(5-11(10)17)15(22)23-7-14(21)20-9-2-4-13(19)12(18)6-9/h1-6H,7H2,(H,20,21). The van der Waals surface area contributed by atoms with Crippen LogP contribution in [0, 0.1) is 5.82 Å². The molecule has 0 saturated heterocycles. The van der Waals surface area contributed by atoms with Crippen LogP contribution in [0.15, 0.2) is 36.4 Å². The summed E-state index contributed by atoms with van der Waals surface area (Å²) in [6.07, 6.45) is 0. The Hall–Kier alpha value is -1.82. The van der Waals surface area contributed by atoms with E-state index in [-0.39, 0.29) is 21.3 Å². The van der Waals surface area contributed by atoms with Gasteiger partial charge in [-0.3, -0.25) is 4.79 Å². The second-order valence-corrected chi connectivity index (χ2v) is 5.60. The molecule has 0 aliphatic heterocycles. The second-order valence-electron chi connectivity index (χ2n) is 4.38. The minimum atomic E-state index is -0.726. The molecule has 8 heteroatoms. The Kier molecular flexibility index (Phi) is 5.82. The first-order chi connectivity index (χ1) is 10.9. The Labute approximate surface area is 146 Å². The van der Waals surface area contributed by atoms with Crippen molar-refractivity contribution in [1.82, 2.24) is 0 Å². The Balaban J connectivity index is 1.91. The van der Waals surface area contributed by atoms with Gasteiger partial charge in [0.2, 0.25) is 0 Å². The maximum absolute atomic E-state index is 13.0. The van der Waals surface area contributed by atoms with Crippen LogP contribution in [0.1, 0.15) is 10.4 Å². The predicted molar refractivity (Wildman–Crippen MR) is 86.8 cm³/mol. The Morgan fingerprint density at radius 1 is 1.00 bits per heavy atom. The highest BCUT2D eigenvalue weighted by Gasteiger charge is 2.12. The molecule has 2 aromatic carbocycles. The van der Waals surface area contributed by atoms with Gasteiger partial charge in [-0.15, -0.1) is 0 Å². The number of hydrogen-bond acceptors (Lipinski definition) is 3. The molecule has 0 radical (unpaired) electrons. The van der Waals surface area contributed by atoms with Crippen molar-refractivity contribution in [3.05, 3.63) is 62.8 Å². The summed E-state index contributed by atoms with van der Waals surface area (Å²) in [4.78, 5) is 23.5. The Morgan fingerprint density at radius 3 is 2.39 bits per heavy atom. The zero-order chi connectivity index (χ0) is 17.0. The predicted octanol–water partition coefficient (Wildman–Crippen LogP) is 4.58.